The highest BCUT2D eigenvalue weighted by atomic mass is 15.2. The SMILES string of the molecule is C=C(C)N1CC(C)(C(C)C)C1. The maximum atomic E-state index is 3.93. The molecule has 0 atom stereocenters. The third-order valence-corrected chi connectivity index (χ3v) is 3.04. The fourth-order valence-corrected chi connectivity index (χ4v) is 1.46. The fraction of sp³-hybridized carbons (Fsp3) is 0.800. The monoisotopic (exact) mass is 153 g/mol. The predicted octanol–water partition coefficient (Wildman–Crippen LogP) is 2.50. The van der Waals surface area contributed by atoms with Gasteiger partial charge < -0.3 is 4.90 Å². The maximum absolute atomic E-state index is 3.93. The van der Waals surface area contributed by atoms with E-state index in [0.29, 0.717) is 5.41 Å². The van der Waals surface area contributed by atoms with Gasteiger partial charge in [-0.15, -0.1) is 0 Å². The standard InChI is InChI=1S/C10H19N/c1-8(2)10(5)6-11(7-10)9(3)4/h8H,3,6-7H2,1-2,4-5H3. The molecule has 1 rings (SSSR count). The summed E-state index contributed by atoms with van der Waals surface area (Å²) in [5.74, 6) is 0.790. The Kier molecular flexibility index (Phi) is 2.00. The Morgan fingerprint density at radius 1 is 1.45 bits per heavy atom. The third kappa shape index (κ3) is 1.42. The van der Waals surface area contributed by atoms with E-state index in [1.165, 1.54) is 18.8 Å². The van der Waals surface area contributed by atoms with Crippen LogP contribution in [-0.4, -0.2) is 18.0 Å². The van der Waals surface area contributed by atoms with Crippen LogP contribution in [0.2, 0.25) is 0 Å². The van der Waals surface area contributed by atoms with E-state index in [4.69, 9.17) is 0 Å². The summed E-state index contributed by atoms with van der Waals surface area (Å²) in [7, 11) is 0. The minimum Gasteiger partial charge on any atom is -0.374 e. The zero-order chi connectivity index (χ0) is 8.65. The van der Waals surface area contributed by atoms with Crippen molar-refractivity contribution < 1.29 is 0 Å². The van der Waals surface area contributed by atoms with Gasteiger partial charge in [0.05, 0.1) is 0 Å². The van der Waals surface area contributed by atoms with Crippen molar-refractivity contribution in [1.29, 1.82) is 0 Å². The highest BCUT2D eigenvalue weighted by molar-refractivity contribution is 5.03. The quantitative estimate of drug-likeness (QED) is 0.589. The van der Waals surface area contributed by atoms with Gasteiger partial charge in [0.15, 0.2) is 0 Å². The van der Waals surface area contributed by atoms with Crippen molar-refractivity contribution in [2.75, 3.05) is 13.1 Å². The molecule has 1 nitrogen and oxygen atoms in total. The normalized spacial score (nSPS) is 21.7. The molecule has 0 unspecified atom stereocenters. The second-order valence-electron chi connectivity index (χ2n) is 4.40. The van der Waals surface area contributed by atoms with E-state index in [1.54, 1.807) is 0 Å². The Morgan fingerprint density at radius 3 is 2.18 bits per heavy atom. The van der Waals surface area contributed by atoms with E-state index in [2.05, 4.69) is 39.2 Å². The Balaban J connectivity index is 2.44. The van der Waals surface area contributed by atoms with Gasteiger partial charge >= 0.3 is 0 Å². The molecule has 0 bridgehead atoms. The number of hydrogen-bond acceptors (Lipinski definition) is 1. The van der Waals surface area contributed by atoms with Gasteiger partial charge in [-0.05, 0) is 12.8 Å². The molecule has 1 fully saturated rings. The van der Waals surface area contributed by atoms with Gasteiger partial charge in [-0.2, -0.15) is 0 Å². The highest BCUT2D eigenvalue weighted by Crippen LogP contribution is 2.38. The van der Waals surface area contributed by atoms with Crippen molar-refractivity contribution in [3.05, 3.63) is 12.3 Å². The van der Waals surface area contributed by atoms with Crippen LogP contribution in [0.4, 0.5) is 0 Å². The molecule has 0 aromatic rings. The van der Waals surface area contributed by atoms with E-state index < -0.39 is 0 Å². The Bertz CT molecular complexity index is 164. The molecule has 0 N–H and O–H groups in total. The zero-order valence-electron chi connectivity index (χ0n) is 8.15. The Morgan fingerprint density at radius 2 is 1.91 bits per heavy atom. The van der Waals surface area contributed by atoms with E-state index in [1.807, 2.05) is 0 Å². The van der Waals surface area contributed by atoms with Crippen LogP contribution in [0.25, 0.3) is 0 Å². The molecule has 1 aliphatic rings. The highest BCUT2D eigenvalue weighted by Gasteiger charge is 2.40. The first-order chi connectivity index (χ1) is 4.96. The average Bonchev–Trinajstić information content (AvgIpc) is 1.79. The van der Waals surface area contributed by atoms with Crippen LogP contribution in [-0.2, 0) is 0 Å². The lowest BCUT2D eigenvalue weighted by molar-refractivity contribution is 0.00547. The number of allylic oxidation sites excluding steroid dienone is 1. The first-order valence-corrected chi connectivity index (χ1v) is 4.36. The zero-order valence-corrected chi connectivity index (χ0v) is 8.15. The Labute approximate surface area is 70.1 Å². The third-order valence-electron chi connectivity index (χ3n) is 3.04. The van der Waals surface area contributed by atoms with E-state index in [9.17, 15) is 0 Å². The van der Waals surface area contributed by atoms with Crippen LogP contribution in [0, 0.1) is 11.3 Å². The molecule has 1 heterocycles. The van der Waals surface area contributed by atoms with Crippen LogP contribution < -0.4 is 0 Å². The molecule has 64 valence electrons. The van der Waals surface area contributed by atoms with Crippen LogP contribution in [0.5, 0.6) is 0 Å². The minimum atomic E-state index is 0.541. The lowest BCUT2D eigenvalue weighted by Crippen LogP contribution is -2.55. The second-order valence-corrected chi connectivity index (χ2v) is 4.40. The summed E-state index contributed by atoms with van der Waals surface area (Å²) in [6.07, 6.45) is 0. The van der Waals surface area contributed by atoms with Gasteiger partial charge in [-0.3, -0.25) is 0 Å². The molecule has 1 saturated heterocycles. The number of nitrogens with zero attached hydrogens (tertiary/aromatic N) is 1. The van der Waals surface area contributed by atoms with Crippen molar-refractivity contribution in [2.45, 2.75) is 27.7 Å². The second kappa shape index (κ2) is 2.54. The number of hydrogen-bond donors (Lipinski definition) is 0. The lowest BCUT2D eigenvalue weighted by atomic mass is 9.72. The van der Waals surface area contributed by atoms with Crippen molar-refractivity contribution in [2.24, 2.45) is 11.3 Å². The summed E-state index contributed by atoms with van der Waals surface area (Å²) in [5, 5.41) is 0. The topological polar surface area (TPSA) is 3.24 Å². The molecule has 1 heteroatoms. The van der Waals surface area contributed by atoms with E-state index in [-0.39, 0.29) is 0 Å². The van der Waals surface area contributed by atoms with Gasteiger partial charge in [0.2, 0.25) is 0 Å². The molecule has 0 aromatic carbocycles. The molecule has 0 aromatic heterocycles. The summed E-state index contributed by atoms with van der Waals surface area (Å²) in [6.45, 7) is 15.4. The van der Waals surface area contributed by atoms with Crippen molar-refractivity contribution in [1.82, 2.24) is 4.90 Å². The summed E-state index contributed by atoms with van der Waals surface area (Å²) in [4.78, 5) is 2.35. The number of likely N-dealkylation sites (tertiary alicyclic amines) is 1. The summed E-state index contributed by atoms with van der Waals surface area (Å²) in [6, 6.07) is 0. The van der Waals surface area contributed by atoms with Crippen molar-refractivity contribution in [3.8, 4) is 0 Å². The molecule has 0 saturated carbocycles. The van der Waals surface area contributed by atoms with Crippen molar-refractivity contribution in [3.63, 3.8) is 0 Å². The van der Waals surface area contributed by atoms with E-state index >= 15 is 0 Å². The first kappa shape index (κ1) is 8.63. The number of rotatable bonds is 2. The average molecular weight is 153 g/mol. The smallest absolute Gasteiger partial charge is 0.0248 e. The van der Waals surface area contributed by atoms with Crippen LogP contribution in [0.3, 0.4) is 0 Å². The molecule has 0 aliphatic carbocycles. The summed E-state index contributed by atoms with van der Waals surface area (Å²) in [5.41, 5.74) is 1.75. The molecular weight excluding hydrogens is 134 g/mol. The molecule has 0 amide bonds. The lowest BCUT2D eigenvalue weighted by Gasteiger charge is -2.52. The first-order valence-electron chi connectivity index (χ1n) is 4.36. The van der Waals surface area contributed by atoms with Gasteiger partial charge in [-0.1, -0.05) is 27.4 Å². The summed E-state index contributed by atoms with van der Waals surface area (Å²) < 4.78 is 0. The van der Waals surface area contributed by atoms with Gasteiger partial charge in [0.1, 0.15) is 0 Å². The molecule has 11 heavy (non-hydrogen) atoms. The van der Waals surface area contributed by atoms with Gasteiger partial charge in [0, 0.05) is 24.2 Å². The summed E-state index contributed by atoms with van der Waals surface area (Å²) >= 11 is 0. The van der Waals surface area contributed by atoms with E-state index in [0.717, 1.165) is 5.92 Å². The molecule has 0 spiro atoms. The van der Waals surface area contributed by atoms with Crippen LogP contribution in [0.15, 0.2) is 12.3 Å². The largest absolute Gasteiger partial charge is 0.374 e. The molecule has 0 radical (unpaired) electrons. The van der Waals surface area contributed by atoms with Gasteiger partial charge in [0.25, 0.3) is 0 Å². The van der Waals surface area contributed by atoms with Crippen molar-refractivity contribution >= 4 is 0 Å². The predicted molar refractivity (Wildman–Crippen MR) is 49.3 cm³/mol. The van der Waals surface area contributed by atoms with Crippen LogP contribution >= 0.6 is 0 Å². The Hall–Kier alpha value is -0.460. The molecule has 1 aliphatic heterocycles. The minimum absolute atomic E-state index is 0.541. The maximum Gasteiger partial charge on any atom is 0.0248 e. The van der Waals surface area contributed by atoms with Crippen LogP contribution in [0.1, 0.15) is 27.7 Å². The molecular formula is C10H19N. The fourth-order valence-electron chi connectivity index (χ4n) is 1.46. The van der Waals surface area contributed by atoms with Gasteiger partial charge in [-0.25, -0.2) is 0 Å².